The molecule has 1 aromatic rings. The van der Waals surface area contributed by atoms with Gasteiger partial charge in [-0.3, -0.25) is 9.69 Å². The van der Waals surface area contributed by atoms with E-state index in [1.807, 2.05) is 29.2 Å². The smallest absolute Gasteiger partial charge is 0.240 e. The molecule has 0 unspecified atom stereocenters. The van der Waals surface area contributed by atoms with Gasteiger partial charge in [-0.25, -0.2) is 0 Å². The molecular formula is C17H23ClN2O2. The van der Waals surface area contributed by atoms with Gasteiger partial charge in [0.15, 0.2) is 0 Å². The number of amides is 1. The number of likely N-dealkylation sites (N-methyl/N-ethyl adjacent to an activating group) is 1. The standard InChI is InChI=1S/C17H23ClN2O2/c1-19-10-6-2-3-8-15(19)17(21)20-11-13(12-20)22-16-9-5-4-7-14(16)18/h4-5,7,9,13,15H,2-3,6,8,10-12H2,1H3/t15-/m0/s1. The highest BCUT2D eigenvalue weighted by Crippen LogP contribution is 2.27. The van der Waals surface area contributed by atoms with Gasteiger partial charge in [0.1, 0.15) is 11.9 Å². The number of halogens is 1. The third-order valence-electron chi connectivity index (χ3n) is 4.60. The van der Waals surface area contributed by atoms with Gasteiger partial charge in [0.05, 0.1) is 24.2 Å². The SMILES string of the molecule is CN1CCCCC[C@H]1C(=O)N1CC(Oc2ccccc2Cl)C1. The van der Waals surface area contributed by atoms with E-state index in [2.05, 4.69) is 11.9 Å². The fraction of sp³-hybridized carbons (Fsp3) is 0.588. The minimum Gasteiger partial charge on any atom is -0.485 e. The Morgan fingerprint density at radius 1 is 1.23 bits per heavy atom. The summed E-state index contributed by atoms with van der Waals surface area (Å²) in [6.45, 7) is 2.34. The number of carbonyl (C=O) groups excluding carboxylic acids is 1. The molecule has 0 spiro atoms. The van der Waals surface area contributed by atoms with Gasteiger partial charge in [0.25, 0.3) is 0 Å². The van der Waals surface area contributed by atoms with Crippen LogP contribution in [0.1, 0.15) is 25.7 Å². The van der Waals surface area contributed by atoms with Crippen LogP contribution >= 0.6 is 11.6 Å². The minimum atomic E-state index is 0.0452. The summed E-state index contributed by atoms with van der Waals surface area (Å²) in [5, 5.41) is 0.621. The lowest BCUT2D eigenvalue weighted by atomic mass is 10.1. The highest BCUT2D eigenvalue weighted by molar-refractivity contribution is 6.32. The largest absolute Gasteiger partial charge is 0.485 e. The molecule has 0 aliphatic carbocycles. The first-order valence-corrected chi connectivity index (χ1v) is 8.43. The molecule has 5 heteroatoms. The molecule has 120 valence electrons. The van der Waals surface area contributed by atoms with Crippen molar-refractivity contribution in [1.82, 2.24) is 9.80 Å². The number of nitrogens with zero attached hydrogens (tertiary/aromatic N) is 2. The van der Waals surface area contributed by atoms with Crippen molar-refractivity contribution in [3.63, 3.8) is 0 Å². The van der Waals surface area contributed by atoms with Gasteiger partial charge in [-0.2, -0.15) is 0 Å². The third kappa shape index (κ3) is 3.39. The Morgan fingerprint density at radius 3 is 2.77 bits per heavy atom. The van der Waals surface area contributed by atoms with E-state index < -0.39 is 0 Å². The average molecular weight is 323 g/mol. The van der Waals surface area contributed by atoms with E-state index in [1.165, 1.54) is 12.8 Å². The Balaban J connectivity index is 1.52. The molecule has 0 aromatic heterocycles. The first-order chi connectivity index (χ1) is 10.6. The van der Waals surface area contributed by atoms with Crippen molar-refractivity contribution in [2.75, 3.05) is 26.7 Å². The second-order valence-corrected chi connectivity index (χ2v) is 6.67. The van der Waals surface area contributed by atoms with Gasteiger partial charge in [0, 0.05) is 0 Å². The van der Waals surface area contributed by atoms with Crippen molar-refractivity contribution in [3.8, 4) is 5.75 Å². The van der Waals surface area contributed by atoms with Crippen LogP contribution in [0.2, 0.25) is 5.02 Å². The molecule has 22 heavy (non-hydrogen) atoms. The number of hydrogen-bond acceptors (Lipinski definition) is 3. The molecule has 2 aliphatic heterocycles. The molecule has 4 nitrogen and oxygen atoms in total. The van der Waals surface area contributed by atoms with E-state index in [0.717, 1.165) is 19.4 Å². The summed E-state index contributed by atoms with van der Waals surface area (Å²) in [4.78, 5) is 16.7. The van der Waals surface area contributed by atoms with Crippen molar-refractivity contribution in [2.24, 2.45) is 0 Å². The van der Waals surface area contributed by atoms with E-state index in [9.17, 15) is 4.79 Å². The third-order valence-corrected chi connectivity index (χ3v) is 4.91. The summed E-state index contributed by atoms with van der Waals surface area (Å²) in [5.41, 5.74) is 0. The van der Waals surface area contributed by atoms with Crippen molar-refractivity contribution in [3.05, 3.63) is 29.3 Å². The summed E-state index contributed by atoms with van der Waals surface area (Å²) in [6.07, 6.45) is 4.60. The van der Waals surface area contributed by atoms with Crippen LogP contribution in [0, 0.1) is 0 Å². The molecule has 1 atom stereocenters. The number of benzene rings is 1. The molecule has 3 rings (SSSR count). The van der Waals surface area contributed by atoms with E-state index in [4.69, 9.17) is 16.3 Å². The number of carbonyl (C=O) groups is 1. The summed E-state index contributed by atoms with van der Waals surface area (Å²) in [5.74, 6) is 0.955. The first-order valence-electron chi connectivity index (χ1n) is 8.05. The second kappa shape index (κ2) is 6.88. The highest BCUT2D eigenvalue weighted by atomic mass is 35.5. The lowest BCUT2D eigenvalue weighted by molar-refractivity contribution is -0.145. The zero-order valence-electron chi connectivity index (χ0n) is 13.0. The molecule has 0 bridgehead atoms. The molecule has 1 aromatic carbocycles. The van der Waals surface area contributed by atoms with Crippen LogP contribution < -0.4 is 4.74 Å². The molecule has 0 saturated carbocycles. The van der Waals surface area contributed by atoms with E-state index in [-0.39, 0.29) is 18.1 Å². The van der Waals surface area contributed by atoms with Crippen molar-refractivity contribution >= 4 is 17.5 Å². The van der Waals surface area contributed by atoms with Crippen LogP contribution in [0.5, 0.6) is 5.75 Å². The summed E-state index contributed by atoms with van der Waals surface area (Å²) >= 11 is 6.10. The maximum absolute atomic E-state index is 12.6. The van der Waals surface area contributed by atoms with Crippen molar-refractivity contribution in [1.29, 1.82) is 0 Å². The average Bonchev–Trinajstić information content (AvgIpc) is 2.68. The number of likely N-dealkylation sites (tertiary alicyclic amines) is 2. The Bertz CT molecular complexity index is 531. The van der Waals surface area contributed by atoms with Crippen LogP contribution in [0.4, 0.5) is 0 Å². The molecule has 2 aliphatic rings. The van der Waals surface area contributed by atoms with Gasteiger partial charge in [-0.1, -0.05) is 36.6 Å². The zero-order chi connectivity index (χ0) is 15.5. The summed E-state index contributed by atoms with van der Waals surface area (Å²) < 4.78 is 5.86. The van der Waals surface area contributed by atoms with Gasteiger partial charge < -0.3 is 9.64 Å². The molecule has 1 amide bonds. The van der Waals surface area contributed by atoms with Crippen LogP contribution in [0.15, 0.2) is 24.3 Å². The number of hydrogen-bond donors (Lipinski definition) is 0. The minimum absolute atomic E-state index is 0.0452. The van der Waals surface area contributed by atoms with Gasteiger partial charge >= 0.3 is 0 Å². The maximum Gasteiger partial charge on any atom is 0.240 e. The Morgan fingerprint density at radius 2 is 2.00 bits per heavy atom. The van der Waals surface area contributed by atoms with Crippen LogP contribution in [0.3, 0.4) is 0 Å². The van der Waals surface area contributed by atoms with Gasteiger partial charge in [-0.15, -0.1) is 0 Å². The molecular weight excluding hydrogens is 300 g/mol. The van der Waals surface area contributed by atoms with Crippen LogP contribution in [0.25, 0.3) is 0 Å². The Hall–Kier alpha value is -1.26. The Labute approximate surface area is 137 Å². The van der Waals surface area contributed by atoms with Crippen LogP contribution in [-0.2, 0) is 4.79 Å². The molecule has 2 saturated heterocycles. The Kier molecular flexibility index (Phi) is 4.89. The van der Waals surface area contributed by atoms with E-state index in [1.54, 1.807) is 0 Å². The van der Waals surface area contributed by atoms with Crippen LogP contribution in [-0.4, -0.2) is 54.5 Å². The summed E-state index contributed by atoms with van der Waals surface area (Å²) in [6, 6.07) is 7.52. The number of para-hydroxylation sites is 1. The van der Waals surface area contributed by atoms with Gasteiger partial charge in [0.2, 0.25) is 5.91 Å². The quantitative estimate of drug-likeness (QED) is 0.858. The summed E-state index contributed by atoms with van der Waals surface area (Å²) in [7, 11) is 2.06. The lowest BCUT2D eigenvalue weighted by Gasteiger charge is -2.42. The van der Waals surface area contributed by atoms with Crippen molar-refractivity contribution < 1.29 is 9.53 Å². The normalized spacial score (nSPS) is 23.7. The molecule has 2 fully saturated rings. The maximum atomic E-state index is 12.6. The first kappa shape index (κ1) is 15.6. The predicted molar refractivity (Wildman–Crippen MR) is 87.3 cm³/mol. The van der Waals surface area contributed by atoms with E-state index in [0.29, 0.717) is 23.9 Å². The topological polar surface area (TPSA) is 32.8 Å². The second-order valence-electron chi connectivity index (χ2n) is 6.26. The zero-order valence-corrected chi connectivity index (χ0v) is 13.8. The number of ether oxygens (including phenoxy) is 1. The van der Waals surface area contributed by atoms with Gasteiger partial charge in [-0.05, 0) is 38.6 Å². The monoisotopic (exact) mass is 322 g/mol. The number of rotatable bonds is 3. The van der Waals surface area contributed by atoms with E-state index >= 15 is 0 Å². The lowest BCUT2D eigenvalue weighted by Crippen LogP contribution is -2.60. The van der Waals surface area contributed by atoms with Crippen molar-refractivity contribution in [2.45, 2.75) is 37.8 Å². The fourth-order valence-electron chi connectivity index (χ4n) is 3.19. The fourth-order valence-corrected chi connectivity index (χ4v) is 3.37. The predicted octanol–water partition coefficient (Wildman–Crippen LogP) is 2.80. The highest BCUT2D eigenvalue weighted by Gasteiger charge is 2.37. The molecule has 0 radical (unpaired) electrons. The molecule has 2 heterocycles. The molecule has 0 N–H and O–H groups in total.